The third-order valence-electron chi connectivity index (χ3n) is 2.71. The molecule has 2 unspecified atom stereocenters. The molecule has 1 amide bonds. The van der Waals surface area contributed by atoms with Crippen molar-refractivity contribution in [2.45, 2.75) is 32.9 Å². The van der Waals surface area contributed by atoms with Crippen LogP contribution in [0.1, 0.15) is 20.8 Å². The lowest BCUT2D eigenvalue weighted by atomic mass is 10.0. The van der Waals surface area contributed by atoms with Crippen molar-refractivity contribution >= 4 is 23.5 Å². The largest absolute Gasteiger partial charge is 0.481 e. The number of carboxylic acids is 1. The molecule has 1 aromatic rings. The van der Waals surface area contributed by atoms with E-state index < -0.39 is 24.0 Å². The van der Waals surface area contributed by atoms with Crippen molar-refractivity contribution in [3.8, 4) is 5.75 Å². The summed E-state index contributed by atoms with van der Waals surface area (Å²) in [5.41, 5.74) is 0. The lowest BCUT2D eigenvalue weighted by Gasteiger charge is -2.21. The van der Waals surface area contributed by atoms with Crippen molar-refractivity contribution < 1.29 is 19.4 Å². The Morgan fingerprint density at radius 2 is 1.95 bits per heavy atom. The minimum atomic E-state index is -1.07. The molecule has 0 saturated carbocycles. The van der Waals surface area contributed by atoms with Crippen molar-refractivity contribution in [1.29, 1.82) is 0 Å². The van der Waals surface area contributed by atoms with E-state index in [1.165, 1.54) is 0 Å². The molecule has 1 rings (SSSR count). The molecule has 0 aliphatic carbocycles. The van der Waals surface area contributed by atoms with Crippen LogP contribution >= 0.6 is 11.6 Å². The zero-order chi connectivity index (χ0) is 15.3. The zero-order valence-corrected chi connectivity index (χ0v) is 12.3. The molecule has 2 N–H and O–H groups in total. The fourth-order valence-electron chi connectivity index (χ4n) is 1.58. The van der Waals surface area contributed by atoms with E-state index in [-0.39, 0.29) is 5.92 Å². The molecule has 0 bridgehead atoms. The average Bonchev–Trinajstić information content (AvgIpc) is 2.34. The van der Waals surface area contributed by atoms with Gasteiger partial charge in [-0.15, -0.1) is 0 Å². The van der Waals surface area contributed by atoms with Crippen LogP contribution in [0.4, 0.5) is 0 Å². The number of ether oxygens (including phenoxy) is 1. The van der Waals surface area contributed by atoms with Crippen molar-refractivity contribution in [2.75, 3.05) is 0 Å². The molecule has 1 aromatic carbocycles. The summed E-state index contributed by atoms with van der Waals surface area (Å²) in [4.78, 5) is 22.9. The molecule has 0 aliphatic heterocycles. The Bertz CT molecular complexity index is 490. The molecule has 0 heterocycles. The average molecular weight is 300 g/mol. The molecule has 0 spiro atoms. The highest BCUT2D eigenvalue weighted by molar-refractivity contribution is 6.30. The molecule has 20 heavy (non-hydrogen) atoms. The molecule has 2 atom stereocenters. The first-order valence-corrected chi connectivity index (χ1v) is 6.64. The number of carbonyl (C=O) groups is 2. The predicted octanol–water partition coefficient (Wildman–Crippen LogP) is 2.33. The molecule has 6 heteroatoms. The number of hydrogen-bond acceptors (Lipinski definition) is 3. The zero-order valence-electron chi connectivity index (χ0n) is 11.6. The van der Waals surface area contributed by atoms with Crippen LogP contribution in [0, 0.1) is 5.92 Å². The number of halogens is 1. The molecule has 0 aliphatic rings. The van der Waals surface area contributed by atoms with Gasteiger partial charge in [0.05, 0.1) is 0 Å². The Labute approximate surface area is 122 Å². The first-order valence-electron chi connectivity index (χ1n) is 6.26. The quantitative estimate of drug-likeness (QED) is 0.845. The Hall–Kier alpha value is -1.75. The second-order valence-corrected chi connectivity index (χ2v) is 5.22. The van der Waals surface area contributed by atoms with E-state index in [4.69, 9.17) is 21.4 Å². The van der Waals surface area contributed by atoms with Crippen molar-refractivity contribution in [3.63, 3.8) is 0 Å². The predicted molar refractivity (Wildman–Crippen MR) is 75.9 cm³/mol. The first kappa shape index (κ1) is 16.3. The fourth-order valence-corrected chi connectivity index (χ4v) is 1.76. The number of amides is 1. The minimum Gasteiger partial charge on any atom is -0.481 e. The maximum atomic E-state index is 11.9. The van der Waals surface area contributed by atoms with Gasteiger partial charge < -0.3 is 15.2 Å². The van der Waals surface area contributed by atoms with Gasteiger partial charge >= 0.3 is 5.97 Å². The SMILES string of the molecule is CC(Oc1cccc(Cl)c1)C(=O)NC(C(=O)O)C(C)C. The number of carboxylic acid groups (broad SMARTS) is 1. The fraction of sp³-hybridized carbons (Fsp3) is 0.429. The summed E-state index contributed by atoms with van der Waals surface area (Å²) in [6.45, 7) is 5.00. The molecule has 0 saturated heterocycles. The van der Waals surface area contributed by atoms with Crippen LogP contribution in [0.3, 0.4) is 0 Å². The van der Waals surface area contributed by atoms with Crippen LogP contribution in [0.2, 0.25) is 5.02 Å². The van der Waals surface area contributed by atoms with Crippen LogP contribution in [0.25, 0.3) is 0 Å². The number of benzene rings is 1. The van der Waals surface area contributed by atoms with Gasteiger partial charge in [-0.3, -0.25) is 4.79 Å². The van der Waals surface area contributed by atoms with Crippen LogP contribution < -0.4 is 10.1 Å². The number of carbonyl (C=O) groups excluding carboxylic acids is 1. The first-order chi connectivity index (χ1) is 9.31. The normalized spacial score (nSPS) is 13.7. The van der Waals surface area contributed by atoms with Crippen molar-refractivity contribution in [1.82, 2.24) is 5.32 Å². The lowest BCUT2D eigenvalue weighted by molar-refractivity contribution is -0.144. The molecular weight excluding hydrogens is 282 g/mol. The van der Waals surface area contributed by atoms with Gasteiger partial charge in [-0.1, -0.05) is 31.5 Å². The maximum absolute atomic E-state index is 11.9. The van der Waals surface area contributed by atoms with Crippen molar-refractivity contribution in [3.05, 3.63) is 29.3 Å². The Kier molecular flexibility index (Phi) is 5.82. The van der Waals surface area contributed by atoms with Gasteiger partial charge in [-0.2, -0.15) is 0 Å². The van der Waals surface area contributed by atoms with Gasteiger partial charge in [-0.25, -0.2) is 4.79 Å². The maximum Gasteiger partial charge on any atom is 0.326 e. The van der Waals surface area contributed by atoms with Crippen LogP contribution in [0.5, 0.6) is 5.75 Å². The van der Waals surface area contributed by atoms with Gasteiger partial charge in [0.1, 0.15) is 11.8 Å². The van der Waals surface area contributed by atoms with E-state index in [1.54, 1.807) is 45.0 Å². The van der Waals surface area contributed by atoms with E-state index in [0.717, 1.165) is 0 Å². The number of hydrogen-bond donors (Lipinski definition) is 2. The summed E-state index contributed by atoms with van der Waals surface area (Å²) in [7, 11) is 0. The van der Waals surface area contributed by atoms with E-state index in [0.29, 0.717) is 10.8 Å². The van der Waals surface area contributed by atoms with Crippen LogP contribution in [-0.2, 0) is 9.59 Å². The standard InChI is InChI=1S/C14H18ClNO4/c1-8(2)12(14(18)19)16-13(17)9(3)20-11-6-4-5-10(15)7-11/h4-9,12H,1-3H3,(H,16,17)(H,18,19). The summed E-state index contributed by atoms with van der Waals surface area (Å²) in [6.07, 6.45) is -0.811. The van der Waals surface area contributed by atoms with E-state index >= 15 is 0 Å². The molecule has 0 radical (unpaired) electrons. The summed E-state index contributed by atoms with van der Waals surface area (Å²) in [5, 5.41) is 12.0. The van der Waals surface area contributed by atoms with Gasteiger partial charge in [0, 0.05) is 5.02 Å². The smallest absolute Gasteiger partial charge is 0.326 e. The monoisotopic (exact) mass is 299 g/mol. The number of rotatable bonds is 6. The summed E-state index contributed by atoms with van der Waals surface area (Å²) in [5.74, 6) is -1.30. The molecule has 0 aromatic heterocycles. The van der Waals surface area contributed by atoms with Gasteiger partial charge in [-0.05, 0) is 31.0 Å². The van der Waals surface area contributed by atoms with E-state index in [2.05, 4.69) is 5.32 Å². The molecule has 5 nitrogen and oxygen atoms in total. The minimum absolute atomic E-state index is 0.213. The molecule has 110 valence electrons. The Morgan fingerprint density at radius 1 is 1.30 bits per heavy atom. The van der Waals surface area contributed by atoms with Crippen LogP contribution in [-0.4, -0.2) is 29.1 Å². The lowest BCUT2D eigenvalue weighted by Crippen LogP contribution is -2.48. The third-order valence-corrected chi connectivity index (χ3v) is 2.94. The summed E-state index contributed by atoms with van der Waals surface area (Å²) >= 11 is 5.82. The Morgan fingerprint density at radius 3 is 2.45 bits per heavy atom. The van der Waals surface area contributed by atoms with E-state index in [1.807, 2.05) is 0 Å². The van der Waals surface area contributed by atoms with Gasteiger partial charge in [0.15, 0.2) is 6.10 Å². The third kappa shape index (κ3) is 4.74. The number of aliphatic carboxylic acids is 1. The van der Waals surface area contributed by atoms with Crippen molar-refractivity contribution in [2.24, 2.45) is 5.92 Å². The summed E-state index contributed by atoms with van der Waals surface area (Å²) < 4.78 is 5.43. The van der Waals surface area contributed by atoms with Gasteiger partial charge in [0.25, 0.3) is 5.91 Å². The Balaban J connectivity index is 2.65. The van der Waals surface area contributed by atoms with Gasteiger partial charge in [0.2, 0.25) is 0 Å². The highest BCUT2D eigenvalue weighted by Crippen LogP contribution is 2.18. The second-order valence-electron chi connectivity index (χ2n) is 4.79. The molecular formula is C14H18ClNO4. The highest BCUT2D eigenvalue weighted by atomic mass is 35.5. The topological polar surface area (TPSA) is 75.6 Å². The van der Waals surface area contributed by atoms with E-state index in [9.17, 15) is 9.59 Å². The second kappa shape index (κ2) is 7.14. The van der Waals surface area contributed by atoms with Crippen LogP contribution in [0.15, 0.2) is 24.3 Å². The number of nitrogens with one attached hydrogen (secondary N) is 1. The summed E-state index contributed by atoms with van der Waals surface area (Å²) in [6, 6.07) is 5.72. The molecule has 0 fully saturated rings. The highest BCUT2D eigenvalue weighted by Gasteiger charge is 2.26.